The Hall–Kier alpha value is -2.87. The van der Waals surface area contributed by atoms with Crippen molar-refractivity contribution in [2.75, 3.05) is 0 Å². The van der Waals surface area contributed by atoms with Crippen LogP contribution in [0, 0.1) is 0 Å². The molecule has 0 saturated heterocycles. The highest BCUT2D eigenvalue weighted by atomic mass is 32.2. The predicted octanol–water partition coefficient (Wildman–Crippen LogP) is 4.48. The van der Waals surface area contributed by atoms with Crippen LogP contribution in [0.2, 0.25) is 0 Å². The van der Waals surface area contributed by atoms with E-state index in [1.54, 1.807) is 18.0 Å². The van der Waals surface area contributed by atoms with Gasteiger partial charge in [-0.2, -0.15) is 4.98 Å². The van der Waals surface area contributed by atoms with E-state index in [2.05, 4.69) is 37.0 Å². The predicted molar refractivity (Wildman–Crippen MR) is 110 cm³/mol. The van der Waals surface area contributed by atoms with Crippen molar-refractivity contribution in [2.24, 2.45) is 0 Å². The van der Waals surface area contributed by atoms with Gasteiger partial charge in [0, 0.05) is 11.8 Å². The molecule has 0 fully saturated rings. The van der Waals surface area contributed by atoms with Gasteiger partial charge in [-0.3, -0.25) is 4.57 Å². The van der Waals surface area contributed by atoms with Crippen LogP contribution in [0.3, 0.4) is 0 Å². The van der Waals surface area contributed by atoms with Crippen molar-refractivity contribution in [2.45, 2.75) is 50.1 Å². The zero-order valence-electron chi connectivity index (χ0n) is 16.7. The Kier molecular flexibility index (Phi) is 5.53. The van der Waals surface area contributed by atoms with Gasteiger partial charge in [0.1, 0.15) is 11.6 Å². The van der Waals surface area contributed by atoms with Gasteiger partial charge in [0.25, 0.3) is 0 Å². The molecule has 29 heavy (non-hydrogen) atoms. The summed E-state index contributed by atoms with van der Waals surface area (Å²) < 4.78 is 13.0. The molecular formula is C21H23N5O2S. The monoisotopic (exact) mass is 409 g/mol. The number of nitrogens with zero attached hydrogens (tertiary/aromatic N) is 5. The minimum absolute atomic E-state index is 0.169. The van der Waals surface area contributed by atoms with Crippen LogP contribution in [0.4, 0.5) is 0 Å². The second-order valence-corrected chi connectivity index (χ2v) is 8.72. The summed E-state index contributed by atoms with van der Waals surface area (Å²) in [6.07, 6.45) is 2.38. The second-order valence-electron chi connectivity index (χ2n) is 7.78. The van der Waals surface area contributed by atoms with Gasteiger partial charge in [-0.05, 0) is 17.7 Å². The summed E-state index contributed by atoms with van der Waals surface area (Å²) >= 11 is 1.54. The highest BCUT2D eigenvalue weighted by Gasteiger charge is 2.22. The molecule has 0 amide bonds. The number of furan rings is 1. The Balaban J connectivity index is 1.54. The molecule has 0 aliphatic rings. The fourth-order valence-corrected chi connectivity index (χ4v) is 3.60. The molecule has 3 heterocycles. The van der Waals surface area contributed by atoms with Gasteiger partial charge in [-0.25, -0.2) is 0 Å². The smallest absolute Gasteiger partial charge is 0.232 e. The molecular weight excluding hydrogens is 386 g/mol. The lowest BCUT2D eigenvalue weighted by Crippen LogP contribution is -2.11. The topological polar surface area (TPSA) is 82.8 Å². The average molecular weight is 410 g/mol. The van der Waals surface area contributed by atoms with E-state index in [-0.39, 0.29) is 5.41 Å². The molecule has 0 radical (unpaired) electrons. The van der Waals surface area contributed by atoms with E-state index in [1.165, 1.54) is 5.56 Å². The van der Waals surface area contributed by atoms with Crippen LogP contribution in [0.25, 0.3) is 0 Å². The van der Waals surface area contributed by atoms with E-state index in [0.29, 0.717) is 30.4 Å². The Bertz CT molecular complexity index is 1050. The summed E-state index contributed by atoms with van der Waals surface area (Å²) in [4.78, 5) is 4.50. The zero-order chi connectivity index (χ0) is 20.3. The molecule has 0 spiro atoms. The lowest BCUT2D eigenvalue weighted by Gasteiger charge is -2.10. The normalized spacial score (nSPS) is 11.8. The van der Waals surface area contributed by atoms with Crippen molar-refractivity contribution in [1.82, 2.24) is 24.9 Å². The third kappa shape index (κ3) is 4.76. The maximum absolute atomic E-state index is 5.55. The number of benzene rings is 1. The van der Waals surface area contributed by atoms with Gasteiger partial charge in [-0.1, -0.05) is 68.0 Å². The molecule has 150 valence electrons. The van der Waals surface area contributed by atoms with Gasteiger partial charge in [0.15, 0.2) is 11.0 Å². The third-order valence-corrected chi connectivity index (χ3v) is 5.30. The molecule has 0 saturated carbocycles. The van der Waals surface area contributed by atoms with Gasteiger partial charge in [-0.15, -0.1) is 10.2 Å². The summed E-state index contributed by atoms with van der Waals surface area (Å²) in [6, 6.07) is 14.1. The number of rotatable bonds is 7. The summed E-state index contributed by atoms with van der Waals surface area (Å²) in [5, 5.41) is 13.7. The summed E-state index contributed by atoms with van der Waals surface area (Å²) in [5.41, 5.74) is 1.02. The van der Waals surface area contributed by atoms with E-state index in [1.807, 2.05) is 51.1 Å². The standard InChI is InChI=1S/C21H23N5O2S/c1-21(2,3)19-22-17(25-28-19)14-29-20-24-23-18(12-15-8-5-4-6-9-15)26(20)13-16-10-7-11-27-16/h4-11H,12-14H2,1-3H3. The van der Waals surface area contributed by atoms with E-state index in [4.69, 9.17) is 8.94 Å². The zero-order valence-corrected chi connectivity index (χ0v) is 17.5. The molecule has 0 aliphatic heterocycles. The first kappa shape index (κ1) is 19.4. The lowest BCUT2D eigenvalue weighted by molar-refractivity contribution is 0.319. The van der Waals surface area contributed by atoms with Crippen LogP contribution in [0.15, 0.2) is 62.8 Å². The largest absolute Gasteiger partial charge is 0.467 e. The van der Waals surface area contributed by atoms with E-state index < -0.39 is 0 Å². The molecule has 4 aromatic rings. The molecule has 0 atom stereocenters. The Morgan fingerprint density at radius 1 is 1.03 bits per heavy atom. The Morgan fingerprint density at radius 2 is 1.86 bits per heavy atom. The minimum Gasteiger partial charge on any atom is -0.467 e. The van der Waals surface area contributed by atoms with E-state index >= 15 is 0 Å². The fraction of sp³-hybridized carbons (Fsp3) is 0.333. The van der Waals surface area contributed by atoms with E-state index in [0.717, 1.165) is 16.7 Å². The van der Waals surface area contributed by atoms with Crippen LogP contribution in [-0.4, -0.2) is 24.9 Å². The van der Waals surface area contributed by atoms with Crippen LogP contribution >= 0.6 is 11.8 Å². The quantitative estimate of drug-likeness (QED) is 0.416. The van der Waals surface area contributed by atoms with Gasteiger partial charge >= 0.3 is 0 Å². The molecule has 0 bridgehead atoms. The number of hydrogen-bond acceptors (Lipinski definition) is 7. The van der Waals surface area contributed by atoms with Crippen LogP contribution < -0.4 is 0 Å². The van der Waals surface area contributed by atoms with Gasteiger partial charge in [0.05, 0.1) is 18.6 Å². The van der Waals surface area contributed by atoms with Crippen molar-refractivity contribution < 1.29 is 8.94 Å². The van der Waals surface area contributed by atoms with Crippen molar-refractivity contribution in [3.63, 3.8) is 0 Å². The molecule has 7 nitrogen and oxygen atoms in total. The highest BCUT2D eigenvalue weighted by molar-refractivity contribution is 7.98. The summed E-state index contributed by atoms with van der Waals surface area (Å²) in [6.45, 7) is 6.72. The number of aromatic nitrogens is 5. The maximum Gasteiger partial charge on any atom is 0.232 e. The first-order chi connectivity index (χ1) is 14.0. The first-order valence-electron chi connectivity index (χ1n) is 9.43. The SMILES string of the molecule is CC(C)(C)c1nc(CSc2nnc(Cc3ccccc3)n2Cc2ccco2)no1. The van der Waals surface area contributed by atoms with Crippen molar-refractivity contribution in [3.05, 3.63) is 77.6 Å². The van der Waals surface area contributed by atoms with Crippen molar-refractivity contribution >= 4 is 11.8 Å². The Labute approximate surface area is 173 Å². The lowest BCUT2D eigenvalue weighted by atomic mass is 9.97. The van der Waals surface area contributed by atoms with Crippen molar-refractivity contribution in [1.29, 1.82) is 0 Å². The van der Waals surface area contributed by atoms with Crippen molar-refractivity contribution in [3.8, 4) is 0 Å². The molecule has 4 rings (SSSR count). The number of thioether (sulfide) groups is 1. The van der Waals surface area contributed by atoms with Crippen LogP contribution in [0.1, 0.15) is 49.6 Å². The van der Waals surface area contributed by atoms with Crippen LogP contribution in [-0.2, 0) is 24.1 Å². The Morgan fingerprint density at radius 3 is 2.55 bits per heavy atom. The second kappa shape index (κ2) is 8.24. The molecule has 0 aliphatic carbocycles. The molecule has 1 aromatic carbocycles. The molecule has 3 aromatic heterocycles. The summed E-state index contributed by atoms with van der Waals surface area (Å²) in [5.74, 6) is 3.59. The van der Waals surface area contributed by atoms with Gasteiger partial charge in [0.2, 0.25) is 5.89 Å². The maximum atomic E-state index is 5.55. The molecule has 8 heteroatoms. The van der Waals surface area contributed by atoms with E-state index in [9.17, 15) is 0 Å². The average Bonchev–Trinajstić information content (AvgIpc) is 3.44. The van der Waals surface area contributed by atoms with Gasteiger partial charge < -0.3 is 8.94 Å². The first-order valence-corrected chi connectivity index (χ1v) is 10.4. The fourth-order valence-electron chi connectivity index (χ4n) is 2.80. The molecule has 0 unspecified atom stereocenters. The third-order valence-electron chi connectivity index (χ3n) is 4.33. The summed E-state index contributed by atoms with van der Waals surface area (Å²) in [7, 11) is 0. The minimum atomic E-state index is -0.169. The van der Waals surface area contributed by atoms with Crippen LogP contribution in [0.5, 0.6) is 0 Å². The molecule has 0 N–H and O–H groups in total. The highest BCUT2D eigenvalue weighted by Crippen LogP contribution is 2.25. The number of hydrogen-bond donors (Lipinski definition) is 0.